The van der Waals surface area contributed by atoms with Crippen molar-refractivity contribution in [3.05, 3.63) is 41.5 Å². The van der Waals surface area contributed by atoms with Gasteiger partial charge in [0, 0.05) is 52.1 Å². The topological polar surface area (TPSA) is 101 Å². The summed E-state index contributed by atoms with van der Waals surface area (Å²) in [5.74, 6) is 2.11. The zero-order chi connectivity index (χ0) is 23.0. The molecule has 3 heterocycles. The molecule has 0 unspecified atom stereocenters. The second-order valence-corrected chi connectivity index (χ2v) is 8.28. The number of benzene rings is 1. The van der Waals surface area contributed by atoms with Crippen molar-refractivity contribution in [1.29, 1.82) is 0 Å². The fourth-order valence-corrected chi connectivity index (χ4v) is 4.03. The van der Waals surface area contributed by atoms with Crippen molar-refractivity contribution in [2.75, 3.05) is 59.6 Å². The Kier molecular flexibility index (Phi) is 7.90. The van der Waals surface area contributed by atoms with Crippen LogP contribution in [-0.2, 0) is 33.7 Å². The minimum atomic E-state index is 0.0912. The summed E-state index contributed by atoms with van der Waals surface area (Å²) >= 11 is 0. The number of aromatic nitrogens is 2. The molecule has 2 aliphatic rings. The van der Waals surface area contributed by atoms with Crippen LogP contribution in [0.5, 0.6) is 5.75 Å². The Bertz CT molecular complexity index is 918. The summed E-state index contributed by atoms with van der Waals surface area (Å²) < 4.78 is 15.8. The minimum Gasteiger partial charge on any atom is -0.497 e. The van der Waals surface area contributed by atoms with Gasteiger partial charge < -0.3 is 23.8 Å². The molecule has 33 heavy (non-hydrogen) atoms. The molecule has 10 heteroatoms. The van der Waals surface area contributed by atoms with E-state index in [0.717, 1.165) is 24.4 Å². The van der Waals surface area contributed by atoms with Crippen molar-refractivity contribution in [3.8, 4) is 5.75 Å². The highest BCUT2D eigenvalue weighted by Crippen LogP contribution is 2.14. The number of morpholine rings is 1. The van der Waals surface area contributed by atoms with Crippen LogP contribution in [0.25, 0.3) is 0 Å². The number of amides is 2. The lowest BCUT2D eigenvalue weighted by atomic mass is 10.1. The predicted molar refractivity (Wildman–Crippen MR) is 119 cm³/mol. The summed E-state index contributed by atoms with van der Waals surface area (Å²) in [7, 11) is 1.63. The van der Waals surface area contributed by atoms with Gasteiger partial charge in [-0.25, -0.2) is 0 Å². The Morgan fingerprint density at radius 2 is 1.67 bits per heavy atom. The molecule has 2 amide bonds. The summed E-state index contributed by atoms with van der Waals surface area (Å²) in [5, 5.41) is 4.06. The number of hydrogen-bond acceptors (Lipinski definition) is 8. The van der Waals surface area contributed by atoms with Gasteiger partial charge in [0.25, 0.3) is 0 Å². The van der Waals surface area contributed by atoms with Crippen LogP contribution >= 0.6 is 0 Å². The van der Waals surface area contributed by atoms with E-state index in [1.165, 1.54) is 0 Å². The van der Waals surface area contributed by atoms with E-state index in [0.29, 0.717) is 76.9 Å². The van der Waals surface area contributed by atoms with E-state index in [4.69, 9.17) is 14.0 Å². The quantitative estimate of drug-likeness (QED) is 0.573. The Labute approximate surface area is 193 Å². The fourth-order valence-electron chi connectivity index (χ4n) is 4.03. The number of ether oxygens (including phenoxy) is 2. The maximum atomic E-state index is 12.6. The molecule has 2 aromatic rings. The smallest absolute Gasteiger partial charge is 0.227 e. The van der Waals surface area contributed by atoms with Crippen LogP contribution in [0.3, 0.4) is 0 Å². The highest BCUT2D eigenvalue weighted by molar-refractivity contribution is 5.79. The van der Waals surface area contributed by atoms with Crippen molar-refractivity contribution in [1.82, 2.24) is 24.8 Å². The Morgan fingerprint density at radius 3 is 2.36 bits per heavy atom. The van der Waals surface area contributed by atoms with Crippen LogP contribution in [0.2, 0.25) is 0 Å². The maximum absolute atomic E-state index is 12.6. The molecule has 0 atom stereocenters. The second-order valence-electron chi connectivity index (χ2n) is 8.28. The molecule has 0 saturated carbocycles. The normalized spacial score (nSPS) is 17.2. The first-order valence-corrected chi connectivity index (χ1v) is 11.4. The van der Waals surface area contributed by atoms with Crippen molar-refractivity contribution in [2.45, 2.75) is 25.8 Å². The van der Waals surface area contributed by atoms with Gasteiger partial charge in [-0.2, -0.15) is 4.98 Å². The third kappa shape index (κ3) is 6.52. The van der Waals surface area contributed by atoms with Crippen molar-refractivity contribution in [3.63, 3.8) is 0 Å². The lowest BCUT2D eigenvalue weighted by Crippen LogP contribution is -2.48. The lowest BCUT2D eigenvalue weighted by Gasteiger charge is -2.34. The third-order valence-electron chi connectivity index (χ3n) is 6.03. The molecule has 0 radical (unpaired) electrons. The van der Waals surface area contributed by atoms with Gasteiger partial charge in [-0.3, -0.25) is 14.5 Å². The molecule has 0 bridgehead atoms. The Balaban J connectivity index is 1.18. The number of nitrogens with zero attached hydrogens (tertiary/aromatic N) is 5. The van der Waals surface area contributed by atoms with Crippen LogP contribution in [-0.4, -0.2) is 96.2 Å². The Morgan fingerprint density at radius 1 is 0.970 bits per heavy atom. The number of carbonyl (C=O) groups is 2. The van der Waals surface area contributed by atoms with Crippen LogP contribution < -0.4 is 4.74 Å². The summed E-state index contributed by atoms with van der Waals surface area (Å²) in [4.78, 5) is 35.3. The third-order valence-corrected chi connectivity index (χ3v) is 6.03. The summed E-state index contributed by atoms with van der Waals surface area (Å²) in [6, 6.07) is 7.60. The van der Waals surface area contributed by atoms with Crippen molar-refractivity contribution >= 4 is 11.8 Å². The maximum Gasteiger partial charge on any atom is 0.227 e. The first-order chi connectivity index (χ1) is 16.1. The molecule has 2 aliphatic heterocycles. The standard InChI is InChI=1S/C23H31N5O5/c1-31-19-4-2-18(3-5-19)16-23(30)27-10-8-26(9-11-27)17-20-24-21(33-25-20)6-7-22(29)28-12-14-32-15-13-28/h2-5H,6-17H2,1H3. The van der Waals surface area contributed by atoms with E-state index < -0.39 is 0 Å². The molecule has 2 saturated heterocycles. The Hall–Kier alpha value is -2.98. The van der Waals surface area contributed by atoms with Crippen LogP contribution in [0.15, 0.2) is 28.8 Å². The van der Waals surface area contributed by atoms with E-state index in [9.17, 15) is 9.59 Å². The molecule has 10 nitrogen and oxygen atoms in total. The van der Waals surface area contributed by atoms with Crippen LogP contribution in [0, 0.1) is 0 Å². The van der Waals surface area contributed by atoms with Gasteiger partial charge in [-0.1, -0.05) is 17.3 Å². The SMILES string of the molecule is COc1ccc(CC(=O)N2CCN(Cc3noc(CCC(=O)N4CCOCC4)n3)CC2)cc1. The van der Waals surface area contributed by atoms with Crippen molar-refractivity contribution in [2.24, 2.45) is 0 Å². The van der Waals surface area contributed by atoms with Gasteiger partial charge in [-0.05, 0) is 17.7 Å². The van der Waals surface area contributed by atoms with Gasteiger partial charge in [-0.15, -0.1) is 0 Å². The number of methoxy groups -OCH3 is 1. The van der Waals surface area contributed by atoms with E-state index in [2.05, 4.69) is 15.0 Å². The number of rotatable bonds is 8. The monoisotopic (exact) mass is 457 g/mol. The van der Waals surface area contributed by atoms with Gasteiger partial charge in [0.15, 0.2) is 5.82 Å². The predicted octanol–water partition coefficient (Wildman–Crippen LogP) is 0.757. The second kappa shape index (κ2) is 11.2. The molecule has 1 aromatic carbocycles. The summed E-state index contributed by atoms with van der Waals surface area (Å²) in [5.41, 5.74) is 0.981. The lowest BCUT2D eigenvalue weighted by molar-refractivity contribution is -0.135. The van der Waals surface area contributed by atoms with Gasteiger partial charge in [0.1, 0.15) is 5.75 Å². The van der Waals surface area contributed by atoms with Gasteiger partial charge >= 0.3 is 0 Å². The average molecular weight is 458 g/mol. The molecule has 178 valence electrons. The average Bonchev–Trinajstić information content (AvgIpc) is 3.31. The summed E-state index contributed by atoms with van der Waals surface area (Å²) in [6.07, 6.45) is 1.19. The number of carbonyl (C=O) groups excluding carboxylic acids is 2. The molecule has 0 N–H and O–H groups in total. The highest BCUT2D eigenvalue weighted by Gasteiger charge is 2.23. The molecular formula is C23H31N5O5. The molecule has 4 rings (SSSR count). The van der Waals surface area contributed by atoms with Crippen molar-refractivity contribution < 1.29 is 23.6 Å². The van der Waals surface area contributed by atoms with E-state index >= 15 is 0 Å². The first kappa shape index (κ1) is 23.2. The van der Waals surface area contributed by atoms with E-state index in [1.807, 2.05) is 34.1 Å². The number of piperazine rings is 1. The first-order valence-electron chi connectivity index (χ1n) is 11.4. The van der Waals surface area contributed by atoms with Gasteiger partial charge in [0.2, 0.25) is 17.7 Å². The molecule has 2 fully saturated rings. The highest BCUT2D eigenvalue weighted by atomic mass is 16.5. The van der Waals surface area contributed by atoms with Crippen LogP contribution in [0.1, 0.15) is 23.7 Å². The fraction of sp³-hybridized carbons (Fsp3) is 0.565. The largest absolute Gasteiger partial charge is 0.497 e. The minimum absolute atomic E-state index is 0.0912. The molecular weight excluding hydrogens is 426 g/mol. The van der Waals surface area contributed by atoms with E-state index in [1.54, 1.807) is 7.11 Å². The number of hydrogen-bond donors (Lipinski definition) is 0. The number of aryl methyl sites for hydroxylation is 1. The zero-order valence-electron chi connectivity index (χ0n) is 19.1. The molecule has 0 aliphatic carbocycles. The molecule has 1 aromatic heterocycles. The van der Waals surface area contributed by atoms with Gasteiger partial charge in [0.05, 0.1) is 33.3 Å². The summed E-state index contributed by atoms with van der Waals surface area (Å²) in [6.45, 7) is 5.91. The zero-order valence-corrected chi connectivity index (χ0v) is 19.1. The molecule has 0 spiro atoms. The van der Waals surface area contributed by atoms with Crippen LogP contribution in [0.4, 0.5) is 0 Å². The van der Waals surface area contributed by atoms with E-state index in [-0.39, 0.29) is 11.8 Å².